The fourth-order valence-electron chi connectivity index (χ4n) is 2.36. The maximum Gasteiger partial charge on any atom is 0.0763 e. The van der Waals surface area contributed by atoms with Crippen molar-refractivity contribution < 1.29 is 4.74 Å². The van der Waals surface area contributed by atoms with Crippen LogP contribution in [0.1, 0.15) is 31.4 Å². The van der Waals surface area contributed by atoms with E-state index in [1.165, 1.54) is 10.8 Å². The molecule has 0 saturated carbocycles. The summed E-state index contributed by atoms with van der Waals surface area (Å²) in [6, 6.07) is 14.7. The van der Waals surface area contributed by atoms with Crippen molar-refractivity contribution in [1.82, 2.24) is 0 Å². The zero-order valence-electron chi connectivity index (χ0n) is 11.1. The summed E-state index contributed by atoms with van der Waals surface area (Å²) in [5.74, 6) is 0. The molecular weight excluding hydrogens is 222 g/mol. The number of ether oxygens (including phenoxy) is 1. The quantitative estimate of drug-likeness (QED) is 0.870. The predicted octanol–water partition coefficient (Wildman–Crippen LogP) is 3.65. The molecule has 0 aliphatic rings. The maximum atomic E-state index is 6.30. The van der Waals surface area contributed by atoms with E-state index in [2.05, 4.69) is 49.4 Å². The van der Waals surface area contributed by atoms with E-state index in [0.29, 0.717) is 0 Å². The second-order valence-corrected chi connectivity index (χ2v) is 4.70. The van der Waals surface area contributed by atoms with Gasteiger partial charge in [-0.15, -0.1) is 0 Å². The molecular formula is C16H21NO. The van der Waals surface area contributed by atoms with E-state index in [-0.39, 0.29) is 12.1 Å². The Bertz CT molecular complexity index is 509. The number of nitrogens with two attached hydrogens (primary N) is 1. The molecule has 0 heterocycles. The zero-order valence-corrected chi connectivity index (χ0v) is 11.1. The van der Waals surface area contributed by atoms with Crippen molar-refractivity contribution >= 4 is 10.8 Å². The summed E-state index contributed by atoms with van der Waals surface area (Å²) in [7, 11) is 1.74. The summed E-state index contributed by atoms with van der Waals surface area (Å²) in [6.45, 7) is 2.15. The summed E-state index contributed by atoms with van der Waals surface area (Å²) in [6.07, 6.45) is 2.17. The van der Waals surface area contributed by atoms with Crippen LogP contribution in [0.4, 0.5) is 0 Å². The SMILES string of the molecule is CCCC(OC)C(N)c1ccc2ccccc2c1. The third-order valence-electron chi connectivity index (χ3n) is 3.43. The van der Waals surface area contributed by atoms with Crippen LogP contribution in [0.5, 0.6) is 0 Å². The Labute approximate surface area is 109 Å². The van der Waals surface area contributed by atoms with Gasteiger partial charge in [-0.05, 0) is 28.8 Å². The van der Waals surface area contributed by atoms with Gasteiger partial charge in [0.1, 0.15) is 0 Å². The minimum absolute atomic E-state index is 0.0560. The smallest absolute Gasteiger partial charge is 0.0763 e. The van der Waals surface area contributed by atoms with Gasteiger partial charge in [-0.25, -0.2) is 0 Å². The van der Waals surface area contributed by atoms with Crippen molar-refractivity contribution in [2.24, 2.45) is 5.73 Å². The Kier molecular flexibility index (Phi) is 4.34. The molecule has 96 valence electrons. The molecule has 2 nitrogen and oxygen atoms in total. The number of rotatable bonds is 5. The van der Waals surface area contributed by atoms with Gasteiger partial charge in [0.25, 0.3) is 0 Å². The summed E-state index contributed by atoms with van der Waals surface area (Å²) < 4.78 is 5.49. The standard InChI is InChI=1S/C16H21NO/c1-3-6-15(18-2)16(17)14-10-9-12-7-4-5-8-13(12)11-14/h4-5,7-11,15-16H,3,6,17H2,1-2H3. The molecule has 2 atom stereocenters. The van der Waals surface area contributed by atoms with Gasteiger partial charge >= 0.3 is 0 Å². The zero-order chi connectivity index (χ0) is 13.0. The van der Waals surface area contributed by atoms with Crippen LogP contribution in [-0.4, -0.2) is 13.2 Å². The van der Waals surface area contributed by atoms with Crippen LogP contribution in [0.25, 0.3) is 10.8 Å². The second kappa shape index (κ2) is 5.98. The summed E-state index contributed by atoms with van der Waals surface area (Å²) >= 11 is 0. The highest BCUT2D eigenvalue weighted by atomic mass is 16.5. The van der Waals surface area contributed by atoms with E-state index in [4.69, 9.17) is 10.5 Å². The lowest BCUT2D eigenvalue weighted by Gasteiger charge is -2.22. The fourth-order valence-corrected chi connectivity index (χ4v) is 2.36. The van der Waals surface area contributed by atoms with Crippen molar-refractivity contribution in [2.45, 2.75) is 31.9 Å². The minimum atomic E-state index is -0.0560. The third kappa shape index (κ3) is 2.71. The largest absolute Gasteiger partial charge is 0.379 e. The first kappa shape index (κ1) is 13.1. The summed E-state index contributed by atoms with van der Waals surface area (Å²) in [5.41, 5.74) is 7.45. The first-order chi connectivity index (χ1) is 8.76. The Morgan fingerprint density at radius 1 is 1.11 bits per heavy atom. The number of hydrogen-bond donors (Lipinski definition) is 1. The lowest BCUT2D eigenvalue weighted by Crippen LogP contribution is -2.27. The average molecular weight is 243 g/mol. The van der Waals surface area contributed by atoms with Crippen molar-refractivity contribution in [2.75, 3.05) is 7.11 Å². The molecule has 2 heteroatoms. The van der Waals surface area contributed by atoms with Gasteiger partial charge in [0.05, 0.1) is 12.1 Å². The highest BCUT2D eigenvalue weighted by molar-refractivity contribution is 5.83. The van der Waals surface area contributed by atoms with Crippen molar-refractivity contribution in [3.8, 4) is 0 Å². The van der Waals surface area contributed by atoms with Crippen molar-refractivity contribution in [1.29, 1.82) is 0 Å². The first-order valence-electron chi connectivity index (χ1n) is 6.53. The molecule has 0 bridgehead atoms. The molecule has 2 rings (SSSR count). The fraction of sp³-hybridized carbons (Fsp3) is 0.375. The molecule has 0 aliphatic heterocycles. The van der Waals surface area contributed by atoms with Crippen LogP contribution in [0.2, 0.25) is 0 Å². The topological polar surface area (TPSA) is 35.2 Å². The van der Waals surface area contributed by atoms with Crippen LogP contribution in [-0.2, 0) is 4.74 Å². The van der Waals surface area contributed by atoms with E-state index in [1.54, 1.807) is 7.11 Å². The Balaban J connectivity index is 2.29. The first-order valence-corrected chi connectivity index (χ1v) is 6.53. The summed E-state index contributed by atoms with van der Waals surface area (Å²) in [4.78, 5) is 0. The number of fused-ring (bicyclic) bond motifs is 1. The second-order valence-electron chi connectivity index (χ2n) is 4.70. The van der Waals surface area contributed by atoms with Gasteiger partial charge in [-0.3, -0.25) is 0 Å². The van der Waals surface area contributed by atoms with Gasteiger partial charge in [0.2, 0.25) is 0 Å². The van der Waals surface area contributed by atoms with Crippen LogP contribution in [0.3, 0.4) is 0 Å². The Hall–Kier alpha value is -1.38. The number of methoxy groups -OCH3 is 1. The van der Waals surface area contributed by atoms with Crippen LogP contribution < -0.4 is 5.73 Å². The number of hydrogen-bond acceptors (Lipinski definition) is 2. The number of benzene rings is 2. The van der Waals surface area contributed by atoms with Gasteiger partial charge in [-0.2, -0.15) is 0 Å². The van der Waals surface area contributed by atoms with Gasteiger partial charge in [0.15, 0.2) is 0 Å². The normalized spacial score (nSPS) is 14.6. The molecule has 2 aromatic carbocycles. The average Bonchev–Trinajstić information content (AvgIpc) is 2.43. The molecule has 0 amide bonds. The van der Waals surface area contributed by atoms with Gasteiger partial charge in [-0.1, -0.05) is 49.7 Å². The summed E-state index contributed by atoms with van der Waals surface area (Å²) in [5, 5.41) is 2.48. The lowest BCUT2D eigenvalue weighted by molar-refractivity contribution is 0.0725. The molecule has 2 N–H and O–H groups in total. The third-order valence-corrected chi connectivity index (χ3v) is 3.43. The Morgan fingerprint density at radius 3 is 2.50 bits per heavy atom. The van der Waals surface area contributed by atoms with Crippen molar-refractivity contribution in [3.63, 3.8) is 0 Å². The molecule has 2 aromatic rings. The van der Waals surface area contributed by atoms with E-state index in [0.717, 1.165) is 18.4 Å². The van der Waals surface area contributed by atoms with Gasteiger partial charge in [0, 0.05) is 7.11 Å². The van der Waals surface area contributed by atoms with Crippen LogP contribution in [0, 0.1) is 0 Å². The monoisotopic (exact) mass is 243 g/mol. The van der Waals surface area contributed by atoms with E-state index >= 15 is 0 Å². The molecule has 0 aliphatic carbocycles. The maximum absolute atomic E-state index is 6.30. The molecule has 18 heavy (non-hydrogen) atoms. The molecule has 0 fully saturated rings. The van der Waals surface area contributed by atoms with Gasteiger partial charge < -0.3 is 10.5 Å². The molecule has 0 radical (unpaired) electrons. The van der Waals surface area contributed by atoms with E-state index < -0.39 is 0 Å². The van der Waals surface area contributed by atoms with E-state index in [1.807, 2.05) is 0 Å². The molecule has 2 unspecified atom stereocenters. The predicted molar refractivity (Wildman–Crippen MR) is 76.6 cm³/mol. The highest BCUT2D eigenvalue weighted by Gasteiger charge is 2.18. The molecule has 0 saturated heterocycles. The van der Waals surface area contributed by atoms with Crippen LogP contribution in [0.15, 0.2) is 42.5 Å². The molecule has 0 aromatic heterocycles. The van der Waals surface area contributed by atoms with Crippen LogP contribution >= 0.6 is 0 Å². The Morgan fingerprint density at radius 2 is 1.83 bits per heavy atom. The highest BCUT2D eigenvalue weighted by Crippen LogP contribution is 2.23. The molecule has 0 spiro atoms. The minimum Gasteiger partial charge on any atom is -0.379 e. The van der Waals surface area contributed by atoms with Crippen molar-refractivity contribution in [3.05, 3.63) is 48.0 Å². The lowest BCUT2D eigenvalue weighted by atomic mass is 9.96. The van der Waals surface area contributed by atoms with E-state index in [9.17, 15) is 0 Å².